The summed E-state index contributed by atoms with van der Waals surface area (Å²) in [5.41, 5.74) is 3.11. The largest absolute Gasteiger partial charge is 0.493 e. The minimum Gasteiger partial charge on any atom is -0.493 e. The van der Waals surface area contributed by atoms with Crippen LogP contribution in [0.4, 0.5) is 4.39 Å². The predicted octanol–water partition coefficient (Wildman–Crippen LogP) is 3.69. The van der Waals surface area contributed by atoms with Gasteiger partial charge in [-0.15, -0.1) is 0 Å². The van der Waals surface area contributed by atoms with Gasteiger partial charge in [-0.1, -0.05) is 0 Å². The molecule has 1 N–H and O–H groups in total. The molecule has 0 saturated heterocycles. The van der Waals surface area contributed by atoms with Gasteiger partial charge in [0.1, 0.15) is 11.6 Å². The molecule has 21 heavy (non-hydrogen) atoms. The number of imidazole rings is 1. The van der Waals surface area contributed by atoms with Crippen molar-refractivity contribution in [1.82, 2.24) is 9.97 Å². The molecule has 0 aliphatic heterocycles. The Morgan fingerprint density at radius 1 is 1.00 bits per heavy atom. The molecule has 0 atom stereocenters. The van der Waals surface area contributed by atoms with Crippen LogP contribution in [0.2, 0.25) is 0 Å². The summed E-state index contributed by atoms with van der Waals surface area (Å²) in [7, 11) is 3.16. The summed E-state index contributed by atoms with van der Waals surface area (Å²) >= 11 is 0. The summed E-state index contributed by atoms with van der Waals surface area (Å²) in [5, 5.41) is 0. The highest BCUT2D eigenvalue weighted by molar-refractivity contribution is 5.83. The number of aryl methyl sites for hydroxylation is 1. The summed E-state index contributed by atoms with van der Waals surface area (Å²) in [4.78, 5) is 7.67. The number of H-pyrrole nitrogens is 1. The highest BCUT2D eigenvalue weighted by atomic mass is 19.1. The topological polar surface area (TPSA) is 47.1 Å². The molecule has 0 aliphatic rings. The number of benzene rings is 2. The van der Waals surface area contributed by atoms with Gasteiger partial charge in [-0.25, -0.2) is 9.37 Å². The van der Waals surface area contributed by atoms with E-state index in [1.807, 2.05) is 19.1 Å². The maximum atomic E-state index is 13.5. The van der Waals surface area contributed by atoms with Crippen molar-refractivity contribution in [3.05, 3.63) is 41.7 Å². The van der Waals surface area contributed by atoms with Crippen LogP contribution in [0.25, 0.3) is 22.4 Å². The zero-order valence-corrected chi connectivity index (χ0v) is 12.0. The molecule has 0 bridgehead atoms. The van der Waals surface area contributed by atoms with Gasteiger partial charge in [-0.3, -0.25) is 0 Å². The van der Waals surface area contributed by atoms with Crippen molar-refractivity contribution < 1.29 is 13.9 Å². The monoisotopic (exact) mass is 286 g/mol. The van der Waals surface area contributed by atoms with Crippen molar-refractivity contribution in [1.29, 1.82) is 0 Å². The molecule has 0 radical (unpaired) electrons. The van der Waals surface area contributed by atoms with Crippen molar-refractivity contribution in [3.63, 3.8) is 0 Å². The fraction of sp³-hybridized carbons (Fsp3) is 0.188. The summed E-state index contributed by atoms with van der Waals surface area (Å²) in [6, 6.07) is 8.43. The molecule has 0 fully saturated rings. The number of ether oxygens (including phenoxy) is 2. The van der Waals surface area contributed by atoms with Crippen LogP contribution in [0.15, 0.2) is 30.3 Å². The standard InChI is InChI=1S/C16H15FN2O2/c1-9-4-10(6-11(17)5-9)16-18-12-7-14(20-2)15(21-3)8-13(12)19-16/h4-8H,1-3H3,(H,18,19). The van der Waals surface area contributed by atoms with E-state index in [9.17, 15) is 4.39 Å². The van der Waals surface area contributed by atoms with Gasteiger partial charge in [0.25, 0.3) is 0 Å². The second-order valence-corrected chi connectivity index (χ2v) is 4.83. The number of nitrogens with one attached hydrogen (secondary N) is 1. The fourth-order valence-corrected chi connectivity index (χ4v) is 2.35. The van der Waals surface area contributed by atoms with E-state index in [2.05, 4.69) is 9.97 Å². The number of rotatable bonds is 3. The second-order valence-electron chi connectivity index (χ2n) is 4.83. The number of methoxy groups -OCH3 is 2. The molecule has 0 saturated carbocycles. The van der Waals surface area contributed by atoms with E-state index in [0.29, 0.717) is 22.9 Å². The van der Waals surface area contributed by atoms with E-state index in [4.69, 9.17) is 9.47 Å². The van der Waals surface area contributed by atoms with Crippen molar-refractivity contribution in [3.8, 4) is 22.9 Å². The molecule has 3 aromatic rings. The molecule has 3 rings (SSSR count). The van der Waals surface area contributed by atoms with Crippen LogP contribution in [-0.4, -0.2) is 24.2 Å². The number of hydrogen-bond acceptors (Lipinski definition) is 3. The van der Waals surface area contributed by atoms with Gasteiger partial charge >= 0.3 is 0 Å². The van der Waals surface area contributed by atoms with Crippen molar-refractivity contribution >= 4 is 11.0 Å². The molecular weight excluding hydrogens is 271 g/mol. The highest BCUT2D eigenvalue weighted by Gasteiger charge is 2.11. The van der Waals surface area contributed by atoms with Crippen LogP contribution in [0.1, 0.15) is 5.56 Å². The summed E-state index contributed by atoms with van der Waals surface area (Å²) < 4.78 is 24.0. The molecule has 0 spiro atoms. The van der Waals surface area contributed by atoms with Crippen molar-refractivity contribution in [2.24, 2.45) is 0 Å². The normalized spacial score (nSPS) is 10.9. The van der Waals surface area contributed by atoms with E-state index >= 15 is 0 Å². The van der Waals surface area contributed by atoms with Crippen LogP contribution in [0, 0.1) is 12.7 Å². The molecule has 108 valence electrons. The first kappa shape index (κ1) is 13.4. The number of aromatic nitrogens is 2. The van der Waals surface area contributed by atoms with Gasteiger partial charge < -0.3 is 14.5 Å². The van der Waals surface area contributed by atoms with Gasteiger partial charge in [0, 0.05) is 17.7 Å². The first-order valence-electron chi connectivity index (χ1n) is 6.50. The molecule has 2 aromatic carbocycles. The number of nitrogens with zero attached hydrogens (tertiary/aromatic N) is 1. The number of hydrogen-bond donors (Lipinski definition) is 1. The Morgan fingerprint density at radius 3 is 2.38 bits per heavy atom. The molecule has 0 unspecified atom stereocenters. The maximum absolute atomic E-state index is 13.5. The Morgan fingerprint density at radius 2 is 1.71 bits per heavy atom. The van der Waals surface area contributed by atoms with Crippen LogP contribution < -0.4 is 9.47 Å². The zero-order valence-electron chi connectivity index (χ0n) is 12.0. The van der Waals surface area contributed by atoms with Crippen molar-refractivity contribution in [2.45, 2.75) is 6.92 Å². The summed E-state index contributed by atoms with van der Waals surface area (Å²) in [6.45, 7) is 1.85. The predicted molar refractivity (Wildman–Crippen MR) is 79.3 cm³/mol. The van der Waals surface area contributed by atoms with Gasteiger partial charge in [0.2, 0.25) is 0 Å². The molecular formula is C16H15FN2O2. The van der Waals surface area contributed by atoms with Crippen LogP contribution in [0.5, 0.6) is 11.5 Å². The quantitative estimate of drug-likeness (QED) is 0.798. The summed E-state index contributed by atoms with van der Waals surface area (Å²) in [5.74, 6) is 1.57. The van der Waals surface area contributed by atoms with E-state index < -0.39 is 0 Å². The Balaban J connectivity index is 2.16. The Bertz CT molecular complexity index is 750. The number of halogens is 1. The van der Waals surface area contributed by atoms with E-state index in [-0.39, 0.29) is 5.82 Å². The molecule has 0 aliphatic carbocycles. The first-order chi connectivity index (χ1) is 10.1. The third kappa shape index (κ3) is 2.42. The second kappa shape index (κ2) is 5.09. The third-order valence-corrected chi connectivity index (χ3v) is 3.30. The van der Waals surface area contributed by atoms with E-state index in [1.165, 1.54) is 12.1 Å². The van der Waals surface area contributed by atoms with Gasteiger partial charge in [-0.05, 0) is 30.7 Å². The van der Waals surface area contributed by atoms with Gasteiger partial charge in [0.15, 0.2) is 11.5 Å². The average molecular weight is 286 g/mol. The lowest BCUT2D eigenvalue weighted by Gasteiger charge is -2.06. The molecule has 0 amide bonds. The molecule has 5 heteroatoms. The highest BCUT2D eigenvalue weighted by Crippen LogP contribution is 2.32. The van der Waals surface area contributed by atoms with Crippen LogP contribution >= 0.6 is 0 Å². The van der Waals surface area contributed by atoms with Gasteiger partial charge in [-0.2, -0.15) is 0 Å². The number of fused-ring (bicyclic) bond motifs is 1. The van der Waals surface area contributed by atoms with Crippen LogP contribution in [-0.2, 0) is 0 Å². The Hall–Kier alpha value is -2.56. The lowest BCUT2D eigenvalue weighted by Crippen LogP contribution is -1.89. The van der Waals surface area contributed by atoms with Gasteiger partial charge in [0.05, 0.1) is 25.3 Å². The molecule has 1 heterocycles. The van der Waals surface area contributed by atoms with Crippen molar-refractivity contribution in [2.75, 3.05) is 14.2 Å². The Labute approximate surface area is 121 Å². The smallest absolute Gasteiger partial charge is 0.163 e. The SMILES string of the molecule is COc1cc2nc(-c3cc(C)cc(F)c3)[nH]c2cc1OC. The van der Waals surface area contributed by atoms with E-state index in [0.717, 1.165) is 16.6 Å². The third-order valence-electron chi connectivity index (χ3n) is 3.30. The van der Waals surface area contributed by atoms with E-state index in [1.54, 1.807) is 20.3 Å². The fourth-order valence-electron chi connectivity index (χ4n) is 2.35. The number of aromatic amines is 1. The zero-order chi connectivity index (χ0) is 15.0. The lowest BCUT2D eigenvalue weighted by atomic mass is 10.1. The Kier molecular flexibility index (Phi) is 3.25. The molecule has 4 nitrogen and oxygen atoms in total. The average Bonchev–Trinajstić information content (AvgIpc) is 2.87. The maximum Gasteiger partial charge on any atom is 0.163 e. The first-order valence-corrected chi connectivity index (χ1v) is 6.50. The molecule has 1 aromatic heterocycles. The van der Waals surface area contributed by atoms with Crippen LogP contribution in [0.3, 0.4) is 0 Å². The lowest BCUT2D eigenvalue weighted by molar-refractivity contribution is 0.356. The minimum absolute atomic E-state index is 0.277. The summed E-state index contributed by atoms with van der Waals surface area (Å²) in [6.07, 6.45) is 0. The minimum atomic E-state index is -0.277.